The highest BCUT2D eigenvalue weighted by Gasteiger charge is 2.34. The van der Waals surface area contributed by atoms with Crippen LogP contribution in [0.25, 0.3) is 6.08 Å². The summed E-state index contributed by atoms with van der Waals surface area (Å²) in [5.41, 5.74) is 4.66. The van der Waals surface area contributed by atoms with Crippen LogP contribution in [0.2, 0.25) is 0 Å². The lowest BCUT2D eigenvalue weighted by atomic mass is 9.80. The molecular formula is C23H25N3OS. The van der Waals surface area contributed by atoms with E-state index in [2.05, 4.69) is 61.2 Å². The van der Waals surface area contributed by atoms with Crippen molar-refractivity contribution < 1.29 is 4.79 Å². The molecule has 1 atom stereocenters. The van der Waals surface area contributed by atoms with Crippen LogP contribution in [0.1, 0.15) is 44.2 Å². The summed E-state index contributed by atoms with van der Waals surface area (Å²) in [7, 11) is 2.16. The molecule has 5 heteroatoms. The summed E-state index contributed by atoms with van der Waals surface area (Å²) in [6.07, 6.45) is 3.07. The summed E-state index contributed by atoms with van der Waals surface area (Å²) in [6.45, 7) is 6.86. The topological polar surface area (TPSA) is 44.7 Å². The number of para-hydroxylation sites is 1. The second-order valence-electron chi connectivity index (χ2n) is 8.11. The van der Waals surface area contributed by atoms with Gasteiger partial charge in [-0.05, 0) is 79.4 Å². The number of hydrogen-bond acceptors (Lipinski definition) is 4. The first-order chi connectivity index (χ1) is 13.3. The maximum Gasteiger partial charge on any atom is 0.264 e. The van der Waals surface area contributed by atoms with Crippen LogP contribution in [-0.4, -0.2) is 23.7 Å². The van der Waals surface area contributed by atoms with Crippen LogP contribution in [0.15, 0.2) is 58.4 Å². The highest BCUT2D eigenvalue weighted by Crippen LogP contribution is 2.43. The van der Waals surface area contributed by atoms with Crippen LogP contribution in [0.5, 0.6) is 0 Å². The molecular weight excluding hydrogens is 366 g/mol. The number of benzene rings is 2. The number of nitrogens with zero attached hydrogens (tertiary/aromatic N) is 2. The van der Waals surface area contributed by atoms with Crippen molar-refractivity contribution >= 4 is 40.3 Å². The number of carbonyl (C=O) groups excluding carboxylic acids is 1. The minimum atomic E-state index is -0.0938. The molecule has 0 unspecified atom stereocenters. The molecule has 1 amide bonds. The molecule has 2 aromatic rings. The van der Waals surface area contributed by atoms with Crippen molar-refractivity contribution in [2.45, 2.75) is 38.6 Å². The fourth-order valence-corrected chi connectivity index (χ4v) is 4.78. The Kier molecular flexibility index (Phi) is 4.79. The molecule has 0 saturated carbocycles. The number of aliphatic imine (C=N–C) groups is 1. The van der Waals surface area contributed by atoms with E-state index < -0.39 is 0 Å². The van der Waals surface area contributed by atoms with Crippen molar-refractivity contribution in [2.24, 2.45) is 4.99 Å². The van der Waals surface area contributed by atoms with Crippen molar-refractivity contribution in [3.05, 3.63) is 64.6 Å². The number of hydrogen-bond donors (Lipinski definition) is 1. The van der Waals surface area contributed by atoms with E-state index in [0.717, 1.165) is 17.7 Å². The molecule has 0 spiro atoms. The fraction of sp³-hybridized carbons (Fsp3) is 0.304. The van der Waals surface area contributed by atoms with E-state index in [0.29, 0.717) is 16.0 Å². The number of amides is 1. The molecule has 2 aliphatic rings. The molecule has 4 nitrogen and oxygen atoms in total. The van der Waals surface area contributed by atoms with Crippen molar-refractivity contribution in [3.63, 3.8) is 0 Å². The molecule has 4 rings (SSSR count). The number of carbonyl (C=O) groups is 1. The van der Waals surface area contributed by atoms with Crippen LogP contribution in [0.4, 0.5) is 11.4 Å². The second kappa shape index (κ2) is 7.13. The third-order valence-corrected chi connectivity index (χ3v) is 6.50. The Bertz CT molecular complexity index is 979. The van der Waals surface area contributed by atoms with E-state index >= 15 is 0 Å². The maximum absolute atomic E-state index is 12.4. The van der Waals surface area contributed by atoms with Gasteiger partial charge in [-0.2, -0.15) is 0 Å². The number of anilines is 1. The average Bonchev–Trinajstić information content (AvgIpc) is 2.99. The zero-order valence-electron chi connectivity index (χ0n) is 16.7. The fourth-order valence-electron chi connectivity index (χ4n) is 3.94. The van der Waals surface area contributed by atoms with E-state index in [1.54, 1.807) is 0 Å². The number of thioether (sulfide) groups is 1. The minimum Gasteiger partial charge on any atom is -0.369 e. The molecule has 2 heterocycles. The van der Waals surface area contributed by atoms with Crippen molar-refractivity contribution in [2.75, 3.05) is 11.9 Å². The van der Waals surface area contributed by atoms with Gasteiger partial charge in [0.2, 0.25) is 0 Å². The molecule has 2 aliphatic heterocycles. The Hall–Kier alpha value is -2.53. The van der Waals surface area contributed by atoms with Gasteiger partial charge in [-0.15, -0.1) is 0 Å². The van der Waals surface area contributed by atoms with E-state index in [4.69, 9.17) is 0 Å². The largest absolute Gasteiger partial charge is 0.369 e. The number of rotatable bonds is 2. The van der Waals surface area contributed by atoms with E-state index in [1.165, 1.54) is 23.0 Å². The first-order valence-electron chi connectivity index (χ1n) is 9.56. The van der Waals surface area contributed by atoms with Crippen molar-refractivity contribution in [1.29, 1.82) is 0 Å². The summed E-state index contributed by atoms with van der Waals surface area (Å²) in [5, 5.41) is 3.48. The zero-order chi connectivity index (χ0) is 19.9. The van der Waals surface area contributed by atoms with Gasteiger partial charge in [0, 0.05) is 18.3 Å². The molecule has 144 valence electrons. The Balaban J connectivity index is 1.61. The van der Waals surface area contributed by atoms with Crippen molar-refractivity contribution in [1.82, 2.24) is 5.32 Å². The van der Waals surface area contributed by atoms with Crippen molar-refractivity contribution in [3.8, 4) is 0 Å². The summed E-state index contributed by atoms with van der Waals surface area (Å²) in [4.78, 5) is 19.9. The maximum atomic E-state index is 12.4. The summed E-state index contributed by atoms with van der Waals surface area (Å²) < 4.78 is 0. The standard InChI is InChI=1S/C23H25N3OS/c1-15-14-23(2,3)26(4)19-11-10-16(12-18(15)19)13-20-21(27)25-22(28-20)24-17-8-6-5-7-9-17/h5-13,15H,14H2,1-4H3,(H,24,25,27)/b20-13-/t15-/m1/s1. The zero-order valence-corrected chi connectivity index (χ0v) is 17.5. The van der Waals surface area contributed by atoms with Crippen LogP contribution in [-0.2, 0) is 4.79 Å². The lowest BCUT2D eigenvalue weighted by Crippen LogP contribution is -2.45. The Morgan fingerprint density at radius 1 is 1.21 bits per heavy atom. The highest BCUT2D eigenvalue weighted by molar-refractivity contribution is 8.18. The van der Waals surface area contributed by atoms with Gasteiger partial charge >= 0.3 is 0 Å². The molecule has 0 aromatic heterocycles. The molecule has 0 radical (unpaired) electrons. The van der Waals surface area contributed by atoms with Gasteiger partial charge in [0.1, 0.15) is 0 Å². The molecule has 0 bridgehead atoms. The van der Waals surface area contributed by atoms with Gasteiger partial charge < -0.3 is 10.2 Å². The lowest BCUT2D eigenvalue weighted by Gasteiger charge is -2.45. The summed E-state index contributed by atoms with van der Waals surface area (Å²) in [5.74, 6) is 0.392. The molecule has 1 saturated heterocycles. The van der Waals surface area contributed by atoms with Crippen LogP contribution in [0, 0.1) is 0 Å². The highest BCUT2D eigenvalue weighted by atomic mass is 32.2. The molecule has 1 fully saturated rings. The third-order valence-electron chi connectivity index (χ3n) is 5.59. The minimum absolute atomic E-state index is 0.0938. The normalized spacial score (nSPS) is 23.8. The first kappa shape index (κ1) is 18.8. The van der Waals surface area contributed by atoms with Crippen LogP contribution in [0.3, 0.4) is 0 Å². The van der Waals surface area contributed by atoms with Gasteiger partial charge in [-0.1, -0.05) is 31.2 Å². The number of fused-ring (bicyclic) bond motifs is 1. The Morgan fingerprint density at radius 2 is 1.96 bits per heavy atom. The van der Waals surface area contributed by atoms with Gasteiger partial charge in [0.25, 0.3) is 5.91 Å². The predicted octanol–water partition coefficient (Wildman–Crippen LogP) is 5.30. The van der Waals surface area contributed by atoms with E-state index in [-0.39, 0.29) is 11.4 Å². The number of amidine groups is 1. The Morgan fingerprint density at radius 3 is 2.71 bits per heavy atom. The Labute approximate surface area is 170 Å². The molecule has 28 heavy (non-hydrogen) atoms. The van der Waals surface area contributed by atoms with E-state index in [9.17, 15) is 4.79 Å². The lowest BCUT2D eigenvalue weighted by molar-refractivity contribution is -0.115. The SMILES string of the molecule is C[C@@H]1CC(C)(C)N(C)c2ccc(/C=C3\SC(=Nc4ccccc4)NC3=O)cc21. The predicted molar refractivity (Wildman–Crippen MR) is 119 cm³/mol. The quantitative estimate of drug-likeness (QED) is 0.707. The van der Waals surface area contributed by atoms with Gasteiger partial charge in [-0.3, -0.25) is 4.79 Å². The molecule has 1 N–H and O–H groups in total. The smallest absolute Gasteiger partial charge is 0.264 e. The second-order valence-corrected chi connectivity index (χ2v) is 9.14. The van der Waals surface area contributed by atoms with Gasteiger partial charge in [-0.25, -0.2) is 4.99 Å². The number of nitrogens with one attached hydrogen (secondary N) is 1. The first-order valence-corrected chi connectivity index (χ1v) is 10.4. The third kappa shape index (κ3) is 3.59. The summed E-state index contributed by atoms with van der Waals surface area (Å²) >= 11 is 1.39. The van der Waals surface area contributed by atoms with Gasteiger partial charge in [0.15, 0.2) is 5.17 Å². The van der Waals surface area contributed by atoms with E-state index in [1.807, 2.05) is 36.4 Å². The van der Waals surface area contributed by atoms with Crippen LogP contribution >= 0.6 is 11.8 Å². The summed E-state index contributed by atoms with van der Waals surface area (Å²) in [6, 6.07) is 16.2. The van der Waals surface area contributed by atoms with Gasteiger partial charge in [0.05, 0.1) is 10.6 Å². The molecule has 0 aliphatic carbocycles. The average molecular weight is 392 g/mol. The molecule has 2 aromatic carbocycles. The monoisotopic (exact) mass is 391 g/mol. The van der Waals surface area contributed by atoms with Crippen LogP contribution < -0.4 is 10.2 Å².